The molecule has 1 aliphatic heterocycles. The molecular weight excluding hydrogens is 332 g/mol. The van der Waals surface area contributed by atoms with E-state index in [2.05, 4.69) is 34.5 Å². The van der Waals surface area contributed by atoms with Crippen LogP contribution in [0, 0.1) is 0 Å². The van der Waals surface area contributed by atoms with Gasteiger partial charge in [-0.1, -0.05) is 19.9 Å². The number of aromatic nitrogens is 3. The van der Waals surface area contributed by atoms with Gasteiger partial charge in [-0.3, -0.25) is 9.20 Å². The van der Waals surface area contributed by atoms with E-state index in [0.29, 0.717) is 11.8 Å². The lowest BCUT2D eigenvalue weighted by molar-refractivity contribution is 0.0714. The zero-order valence-corrected chi connectivity index (χ0v) is 15.4. The van der Waals surface area contributed by atoms with Gasteiger partial charge in [0.15, 0.2) is 5.65 Å². The molecule has 0 bridgehead atoms. The lowest BCUT2D eigenvalue weighted by Gasteiger charge is -2.31. The fourth-order valence-corrected chi connectivity index (χ4v) is 4.59. The van der Waals surface area contributed by atoms with Gasteiger partial charge in [0.2, 0.25) is 0 Å². The van der Waals surface area contributed by atoms with E-state index < -0.39 is 0 Å². The quantitative estimate of drug-likeness (QED) is 0.716. The van der Waals surface area contributed by atoms with Crippen molar-refractivity contribution in [2.24, 2.45) is 0 Å². The number of carbonyl (C=O) groups is 1. The molecule has 1 fully saturated rings. The summed E-state index contributed by atoms with van der Waals surface area (Å²) in [6, 6.07) is 8.03. The first-order valence-corrected chi connectivity index (χ1v) is 9.69. The number of nitrogens with zero attached hydrogens (tertiary/aromatic N) is 4. The Morgan fingerprint density at radius 2 is 2.00 bits per heavy atom. The van der Waals surface area contributed by atoms with Crippen molar-refractivity contribution in [3.8, 4) is 0 Å². The van der Waals surface area contributed by atoms with Gasteiger partial charge in [0.1, 0.15) is 5.82 Å². The molecule has 0 unspecified atom stereocenters. The second-order valence-corrected chi connectivity index (χ2v) is 7.83. The van der Waals surface area contributed by atoms with Gasteiger partial charge in [-0.15, -0.1) is 21.5 Å². The summed E-state index contributed by atoms with van der Waals surface area (Å²) in [7, 11) is 0. The number of carbonyl (C=O) groups excluding carboxylic acids is 1. The highest BCUT2D eigenvalue weighted by atomic mass is 32.1. The summed E-state index contributed by atoms with van der Waals surface area (Å²) >= 11 is 1.56. The molecule has 1 amide bonds. The molecular formula is C19H22N4OS. The third-order valence-corrected chi connectivity index (χ3v) is 5.92. The van der Waals surface area contributed by atoms with Crippen LogP contribution in [0.15, 0.2) is 35.8 Å². The molecule has 25 heavy (non-hydrogen) atoms. The van der Waals surface area contributed by atoms with E-state index in [4.69, 9.17) is 0 Å². The summed E-state index contributed by atoms with van der Waals surface area (Å²) in [5.74, 6) is 1.93. The van der Waals surface area contributed by atoms with Crippen LogP contribution in [0.4, 0.5) is 0 Å². The fourth-order valence-electron chi connectivity index (χ4n) is 3.57. The third-order valence-electron chi connectivity index (χ3n) is 5.00. The standard InChI is InChI=1S/C19H22N4OS/c1-13(2)15-8-12-25-17(15)19(24)22-10-6-14(7-11-22)18-21-20-16-5-3-4-9-23(16)18/h3-5,8-9,12-14H,6-7,10-11H2,1-2H3. The fraction of sp³-hybridized carbons (Fsp3) is 0.421. The van der Waals surface area contributed by atoms with Crippen LogP contribution >= 0.6 is 11.3 Å². The Hall–Kier alpha value is -2.21. The molecule has 3 aromatic rings. The number of fused-ring (bicyclic) bond motifs is 1. The van der Waals surface area contributed by atoms with Gasteiger partial charge in [0.05, 0.1) is 4.88 Å². The molecule has 3 aromatic heterocycles. The molecule has 0 spiro atoms. The van der Waals surface area contributed by atoms with Crippen molar-refractivity contribution in [1.82, 2.24) is 19.5 Å². The Labute approximate surface area is 151 Å². The first kappa shape index (κ1) is 16.3. The van der Waals surface area contributed by atoms with Gasteiger partial charge in [0.25, 0.3) is 5.91 Å². The second-order valence-electron chi connectivity index (χ2n) is 6.91. The number of piperidine rings is 1. The Kier molecular flexibility index (Phi) is 4.29. The molecule has 6 heteroatoms. The van der Waals surface area contributed by atoms with Crippen LogP contribution in [0.5, 0.6) is 0 Å². The number of hydrogen-bond acceptors (Lipinski definition) is 4. The minimum absolute atomic E-state index is 0.184. The Morgan fingerprint density at radius 3 is 2.76 bits per heavy atom. The molecule has 4 heterocycles. The molecule has 130 valence electrons. The van der Waals surface area contributed by atoms with Crippen LogP contribution in [-0.4, -0.2) is 38.5 Å². The van der Waals surface area contributed by atoms with Crippen LogP contribution in [0.25, 0.3) is 5.65 Å². The summed E-state index contributed by atoms with van der Waals surface area (Å²) in [6.45, 7) is 5.84. The van der Waals surface area contributed by atoms with Crippen molar-refractivity contribution in [3.05, 3.63) is 52.1 Å². The highest BCUT2D eigenvalue weighted by Gasteiger charge is 2.29. The van der Waals surface area contributed by atoms with Gasteiger partial charge in [-0.05, 0) is 47.9 Å². The number of hydrogen-bond donors (Lipinski definition) is 0. The smallest absolute Gasteiger partial charge is 0.264 e. The van der Waals surface area contributed by atoms with Crippen molar-refractivity contribution in [2.75, 3.05) is 13.1 Å². The van der Waals surface area contributed by atoms with E-state index in [0.717, 1.165) is 42.3 Å². The zero-order chi connectivity index (χ0) is 17.4. The van der Waals surface area contributed by atoms with Crippen LogP contribution in [-0.2, 0) is 0 Å². The van der Waals surface area contributed by atoms with Gasteiger partial charge in [-0.2, -0.15) is 0 Å². The van der Waals surface area contributed by atoms with Crippen molar-refractivity contribution in [1.29, 1.82) is 0 Å². The van der Waals surface area contributed by atoms with Crippen LogP contribution in [0.1, 0.15) is 59.6 Å². The van der Waals surface area contributed by atoms with E-state index in [1.807, 2.05) is 34.7 Å². The third kappa shape index (κ3) is 2.95. The molecule has 0 radical (unpaired) electrons. The van der Waals surface area contributed by atoms with E-state index in [9.17, 15) is 4.79 Å². The maximum absolute atomic E-state index is 12.9. The number of likely N-dealkylation sites (tertiary alicyclic amines) is 1. The van der Waals surface area contributed by atoms with Gasteiger partial charge < -0.3 is 4.90 Å². The van der Waals surface area contributed by atoms with Crippen LogP contribution in [0.2, 0.25) is 0 Å². The minimum Gasteiger partial charge on any atom is -0.338 e. The average Bonchev–Trinajstić information content (AvgIpc) is 3.28. The maximum atomic E-state index is 12.9. The number of thiophene rings is 1. The summed E-state index contributed by atoms with van der Waals surface area (Å²) < 4.78 is 2.07. The first-order chi connectivity index (χ1) is 12.1. The lowest BCUT2D eigenvalue weighted by Crippen LogP contribution is -2.38. The van der Waals surface area contributed by atoms with E-state index in [-0.39, 0.29) is 5.91 Å². The maximum Gasteiger partial charge on any atom is 0.264 e. The highest BCUT2D eigenvalue weighted by Crippen LogP contribution is 2.30. The molecule has 1 aliphatic rings. The molecule has 5 nitrogen and oxygen atoms in total. The van der Waals surface area contributed by atoms with Crippen LogP contribution in [0.3, 0.4) is 0 Å². The summed E-state index contributed by atoms with van der Waals surface area (Å²) in [4.78, 5) is 15.8. The normalized spacial score (nSPS) is 16.0. The predicted molar refractivity (Wildman–Crippen MR) is 99.3 cm³/mol. The molecule has 0 N–H and O–H groups in total. The van der Waals surface area contributed by atoms with Crippen molar-refractivity contribution in [2.45, 2.75) is 38.5 Å². The molecule has 1 saturated heterocycles. The van der Waals surface area contributed by atoms with Crippen molar-refractivity contribution < 1.29 is 4.79 Å². The largest absolute Gasteiger partial charge is 0.338 e. The minimum atomic E-state index is 0.184. The Balaban J connectivity index is 1.48. The van der Waals surface area contributed by atoms with Gasteiger partial charge >= 0.3 is 0 Å². The van der Waals surface area contributed by atoms with E-state index >= 15 is 0 Å². The van der Waals surface area contributed by atoms with E-state index in [1.54, 1.807) is 11.3 Å². The SMILES string of the molecule is CC(C)c1ccsc1C(=O)N1CCC(c2nnc3ccccn23)CC1. The highest BCUT2D eigenvalue weighted by molar-refractivity contribution is 7.12. The Bertz CT molecular complexity index is 890. The monoisotopic (exact) mass is 354 g/mol. The predicted octanol–water partition coefficient (Wildman–Crippen LogP) is 3.93. The second kappa shape index (κ2) is 6.59. The summed E-state index contributed by atoms with van der Waals surface area (Å²) in [5, 5.41) is 10.7. The van der Waals surface area contributed by atoms with E-state index in [1.165, 1.54) is 5.56 Å². The number of rotatable bonds is 3. The topological polar surface area (TPSA) is 50.5 Å². The van der Waals surface area contributed by atoms with Crippen molar-refractivity contribution in [3.63, 3.8) is 0 Å². The first-order valence-electron chi connectivity index (χ1n) is 8.81. The molecule has 0 aromatic carbocycles. The summed E-state index contributed by atoms with van der Waals surface area (Å²) in [6.07, 6.45) is 3.89. The summed E-state index contributed by atoms with van der Waals surface area (Å²) in [5.41, 5.74) is 2.05. The van der Waals surface area contributed by atoms with Crippen molar-refractivity contribution >= 4 is 22.9 Å². The number of amides is 1. The van der Waals surface area contributed by atoms with Gasteiger partial charge in [0, 0.05) is 25.2 Å². The molecule has 0 saturated carbocycles. The molecule has 4 rings (SSSR count). The zero-order valence-electron chi connectivity index (χ0n) is 14.6. The average molecular weight is 354 g/mol. The number of pyridine rings is 1. The van der Waals surface area contributed by atoms with Gasteiger partial charge in [-0.25, -0.2) is 0 Å². The van der Waals surface area contributed by atoms with Crippen LogP contribution < -0.4 is 0 Å². The Morgan fingerprint density at radius 1 is 1.20 bits per heavy atom. The molecule has 0 atom stereocenters. The lowest BCUT2D eigenvalue weighted by atomic mass is 9.95. The molecule has 0 aliphatic carbocycles.